The van der Waals surface area contributed by atoms with E-state index in [4.69, 9.17) is 23.7 Å². The van der Waals surface area contributed by atoms with E-state index in [2.05, 4.69) is 5.32 Å². The van der Waals surface area contributed by atoms with Gasteiger partial charge in [-0.05, 0) is 0 Å². The number of amides is 1. The number of aliphatic hydroxyl groups excluding tert-OH is 9. The van der Waals surface area contributed by atoms with Crippen LogP contribution >= 0.6 is 0 Å². The van der Waals surface area contributed by atoms with Gasteiger partial charge in [0.1, 0.15) is 67.1 Å². The van der Waals surface area contributed by atoms with Gasteiger partial charge >= 0.3 is 0 Å². The molecule has 18 nitrogen and oxygen atoms in total. The van der Waals surface area contributed by atoms with Crippen LogP contribution in [0.25, 0.3) is 0 Å². The maximum atomic E-state index is 12.1. The van der Waals surface area contributed by atoms with Crippen LogP contribution in [0.3, 0.4) is 0 Å². The summed E-state index contributed by atoms with van der Waals surface area (Å²) >= 11 is 0. The maximum absolute atomic E-state index is 12.1. The zero-order valence-corrected chi connectivity index (χ0v) is 21.1. The molecule has 1 amide bonds. The molecular weight excluding hydrogens is 538 g/mol. The van der Waals surface area contributed by atoms with Crippen molar-refractivity contribution in [3.05, 3.63) is 0 Å². The Hall–Kier alpha value is -1.17. The van der Waals surface area contributed by atoms with Crippen LogP contribution in [0.15, 0.2) is 0 Å². The Kier molecular flexibility index (Phi) is 11.3. The summed E-state index contributed by atoms with van der Waals surface area (Å²) in [6, 6.07) is -1.48. The van der Waals surface area contributed by atoms with Crippen LogP contribution in [0.2, 0.25) is 0 Å². The summed E-state index contributed by atoms with van der Waals surface area (Å²) < 4.78 is 29.0. The molecule has 0 aromatic carbocycles. The smallest absolute Gasteiger partial charge is 0.217 e. The average Bonchev–Trinajstić information content (AvgIpc) is 2.87. The molecule has 0 unspecified atom stereocenters. The van der Waals surface area contributed by atoms with Crippen LogP contribution in [0.4, 0.5) is 0 Å². The summed E-state index contributed by atoms with van der Waals surface area (Å²) in [6.07, 6.45) is -23.4. The SMILES string of the molecule is CC(=O)N[C@H]1[C@H](O[C@@H]2[C@@H](O)[C@H](O)O[C@H](CO)[C@@H]2O)O[C@H](C[O+](C)O)[C@@H](O)[C@@H]1O[C@@H]1O[C@H](CO)[C@H](O)[C@H](O)[C@H]1O. The van der Waals surface area contributed by atoms with Gasteiger partial charge in [-0.25, -0.2) is 4.52 Å². The summed E-state index contributed by atoms with van der Waals surface area (Å²) in [6.45, 7) is -0.892. The highest BCUT2D eigenvalue weighted by Crippen LogP contribution is 2.32. The largest absolute Gasteiger partial charge is 0.394 e. The molecule has 39 heavy (non-hydrogen) atoms. The van der Waals surface area contributed by atoms with Crippen molar-refractivity contribution >= 4 is 5.91 Å². The summed E-state index contributed by atoms with van der Waals surface area (Å²) in [4.78, 5) is 12.1. The van der Waals surface area contributed by atoms with Gasteiger partial charge in [-0.15, -0.1) is 5.26 Å². The molecule has 0 saturated carbocycles. The van der Waals surface area contributed by atoms with E-state index in [-0.39, 0.29) is 0 Å². The van der Waals surface area contributed by atoms with Crippen LogP contribution in [-0.2, 0) is 33.0 Å². The Labute approximate surface area is 222 Å². The van der Waals surface area contributed by atoms with Crippen LogP contribution in [0, 0.1) is 0 Å². The normalized spacial score (nSPS) is 47.3. The highest BCUT2D eigenvalue weighted by molar-refractivity contribution is 5.73. The molecule has 3 saturated heterocycles. The molecule has 15 atom stereocenters. The van der Waals surface area contributed by atoms with E-state index in [9.17, 15) is 56.0 Å². The Bertz CT molecular complexity index is 790. The fourth-order valence-corrected chi connectivity index (χ4v) is 4.68. The number of aliphatic hydroxyl groups is 9. The highest BCUT2D eigenvalue weighted by atomic mass is 17.2. The Balaban J connectivity index is 1.94. The minimum Gasteiger partial charge on any atom is -0.394 e. The number of hydrogen-bond donors (Lipinski definition) is 11. The van der Waals surface area contributed by atoms with Crippen LogP contribution in [0.1, 0.15) is 6.92 Å². The zero-order chi connectivity index (χ0) is 29.2. The minimum atomic E-state index is -1.89. The van der Waals surface area contributed by atoms with Crippen LogP contribution in [0.5, 0.6) is 0 Å². The molecule has 3 aliphatic heterocycles. The van der Waals surface area contributed by atoms with Crippen LogP contribution in [-0.4, -0.2) is 176 Å². The van der Waals surface area contributed by atoms with E-state index in [1.165, 1.54) is 4.52 Å². The first kappa shape index (κ1) is 32.3. The number of ether oxygens (including phenoxy) is 5. The van der Waals surface area contributed by atoms with Gasteiger partial charge < -0.3 is 75.0 Å². The van der Waals surface area contributed by atoms with E-state index in [0.717, 1.165) is 14.0 Å². The first-order valence-corrected chi connectivity index (χ1v) is 12.1. The van der Waals surface area contributed by atoms with Gasteiger partial charge in [-0.1, -0.05) is 0 Å². The van der Waals surface area contributed by atoms with Crippen LogP contribution < -0.4 is 5.32 Å². The second-order valence-corrected chi connectivity index (χ2v) is 9.65. The molecule has 0 bridgehead atoms. The van der Waals surface area contributed by atoms with Gasteiger partial charge in [0.15, 0.2) is 32.1 Å². The summed E-state index contributed by atoms with van der Waals surface area (Å²) in [5.74, 6) is -0.694. The van der Waals surface area contributed by atoms with E-state index < -0.39 is 118 Å². The molecule has 11 N–H and O–H groups in total. The topological polar surface area (TPSA) is 280 Å². The molecule has 3 heterocycles. The number of carbonyl (C=O) groups excluding carboxylic acids is 1. The van der Waals surface area contributed by atoms with Crippen molar-refractivity contribution in [1.82, 2.24) is 5.32 Å². The van der Waals surface area contributed by atoms with E-state index in [1.807, 2.05) is 0 Å². The van der Waals surface area contributed by atoms with Gasteiger partial charge in [0, 0.05) is 6.92 Å². The highest BCUT2D eigenvalue weighted by Gasteiger charge is 2.55. The fourth-order valence-electron chi connectivity index (χ4n) is 4.68. The third kappa shape index (κ3) is 7.19. The second-order valence-electron chi connectivity index (χ2n) is 9.65. The Morgan fingerprint density at radius 3 is 1.85 bits per heavy atom. The maximum Gasteiger partial charge on any atom is 0.217 e. The Morgan fingerprint density at radius 2 is 1.28 bits per heavy atom. The molecular formula is C21H38NO17+. The Morgan fingerprint density at radius 1 is 0.744 bits per heavy atom. The van der Waals surface area contributed by atoms with Gasteiger partial charge in [-0.2, -0.15) is 0 Å². The minimum absolute atomic E-state index is 0.455. The van der Waals surface area contributed by atoms with Crippen molar-refractivity contribution in [1.29, 1.82) is 0 Å². The lowest BCUT2D eigenvalue weighted by atomic mass is 9.94. The van der Waals surface area contributed by atoms with Crippen molar-refractivity contribution in [2.75, 3.05) is 26.9 Å². The predicted molar refractivity (Wildman–Crippen MR) is 120 cm³/mol. The third-order valence-corrected chi connectivity index (χ3v) is 6.72. The molecule has 3 fully saturated rings. The molecule has 0 aliphatic carbocycles. The van der Waals surface area contributed by atoms with Gasteiger partial charge in [0.05, 0.1) is 13.2 Å². The summed E-state index contributed by atoms with van der Waals surface area (Å²) in [7, 11) is 1.15. The number of nitrogens with one attached hydrogen (secondary N) is 1. The van der Waals surface area contributed by atoms with E-state index in [0.29, 0.717) is 0 Å². The van der Waals surface area contributed by atoms with Crippen molar-refractivity contribution in [3.63, 3.8) is 0 Å². The molecule has 0 aromatic rings. The standard InChI is InChI=1S/C21H37NO17/c1-6(25)22-10-17(37-21-15(30)14(29)11(26)7(3-23)35-21)13(28)9(5-39(2)33)36-20(10)38-18-12(27)8(4-24)34-19(32)16(18)31/h7-21,23-24,26-33H,3-5H2,1-2H3/p+1/t7-,8-,9-,10-,11+,12+,13-,14+,15-,16-,17-,18+,19-,20+,21+/m1/s1. The van der Waals surface area contributed by atoms with Crippen molar-refractivity contribution in [3.8, 4) is 0 Å². The first-order chi connectivity index (χ1) is 18.3. The molecule has 228 valence electrons. The van der Waals surface area contributed by atoms with Crippen molar-refractivity contribution in [2.45, 2.75) is 99.0 Å². The molecule has 0 aromatic heterocycles. The van der Waals surface area contributed by atoms with E-state index >= 15 is 0 Å². The number of rotatable bonds is 9. The molecule has 0 spiro atoms. The molecule has 3 rings (SSSR count). The second kappa shape index (κ2) is 13.7. The van der Waals surface area contributed by atoms with Gasteiger partial charge in [0.25, 0.3) is 0 Å². The van der Waals surface area contributed by atoms with Crippen molar-refractivity contribution < 1.29 is 84.2 Å². The summed E-state index contributed by atoms with van der Waals surface area (Å²) in [5.41, 5.74) is 0. The molecule has 18 heteroatoms. The van der Waals surface area contributed by atoms with E-state index in [1.54, 1.807) is 0 Å². The quantitative estimate of drug-likeness (QED) is 0.0691. The fraction of sp³-hybridized carbons (Fsp3) is 0.952. The number of hydrogen-bond acceptors (Lipinski definition) is 16. The monoisotopic (exact) mass is 576 g/mol. The first-order valence-electron chi connectivity index (χ1n) is 12.1. The summed E-state index contributed by atoms with van der Waals surface area (Å²) in [5, 5.41) is 104. The molecule has 0 radical (unpaired) electrons. The van der Waals surface area contributed by atoms with Gasteiger partial charge in [0.2, 0.25) is 12.5 Å². The third-order valence-electron chi connectivity index (χ3n) is 6.72. The molecule has 3 aliphatic rings. The van der Waals surface area contributed by atoms with Crippen molar-refractivity contribution in [2.24, 2.45) is 0 Å². The lowest BCUT2D eigenvalue weighted by Gasteiger charge is -2.49. The average molecular weight is 577 g/mol. The predicted octanol–water partition coefficient (Wildman–Crippen LogP) is -6.77. The number of carbonyl (C=O) groups is 1. The lowest BCUT2D eigenvalue weighted by molar-refractivity contribution is -0.433. The van der Waals surface area contributed by atoms with Gasteiger partial charge in [-0.3, -0.25) is 4.79 Å². The zero-order valence-electron chi connectivity index (χ0n) is 21.1. The lowest BCUT2D eigenvalue weighted by Crippen LogP contribution is -2.70.